The molecule has 140 valence electrons. The van der Waals surface area contributed by atoms with Crippen molar-refractivity contribution in [3.63, 3.8) is 0 Å². The number of hydrogen-bond donors (Lipinski definition) is 0. The zero-order chi connectivity index (χ0) is 19.9. The topological polar surface area (TPSA) is 87.0 Å². The van der Waals surface area contributed by atoms with Gasteiger partial charge in [-0.3, -0.25) is 14.5 Å². The fourth-order valence-electron chi connectivity index (χ4n) is 4.57. The van der Waals surface area contributed by atoms with Gasteiger partial charge in [-0.25, -0.2) is 9.97 Å². The van der Waals surface area contributed by atoms with Crippen molar-refractivity contribution >= 4 is 17.6 Å². The summed E-state index contributed by atoms with van der Waals surface area (Å²) in [6, 6.07) is 13.2. The molecule has 6 nitrogen and oxygen atoms in total. The molecule has 4 rings (SSSR count). The molecule has 0 radical (unpaired) electrons. The highest BCUT2D eigenvalue weighted by Crippen LogP contribution is 2.54. The van der Waals surface area contributed by atoms with Gasteiger partial charge in [0.2, 0.25) is 11.9 Å². The SMILES string of the molecule is CC1(C)C(=O)C(C#N)CC2(c3ccccc3)C(=O)N(c3ncccn3)CC=C12. The lowest BCUT2D eigenvalue weighted by molar-refractivity contribution is -0.134. The number of Topliss-reactive ketones (excluding diaryl/α,β-unsaturated/α-hetero) is 1. The van der Waals surface area contributed by atoms with E-state index in [4.69, 9.17) is 0 Å². The molecule has 0 N–H and O–H groups in total. The molecule has 1 aromatic heterocycles. The van der Waals surface area contributed by atoms with Crippen LogP contribution in [0.4, 0.5) is 5.95 Å². The quantitative estimate of drug-likeness (QED) is 0.757. The molecule has 2 aromatic rings. The Bertz CT molecular complexity index is 1010. The average Bonchev–Trinajstić information content (AvgIpc) is 2.73. The minimum absolute atomic E-state index is 0.129. The number of amides is 1. The maximum Gasteiger partial charge on any atom is 0.244 e. The first kappa shape index (κ1) is 18.1. The molecule has 2 aliphatic rings. The van der Waals surface area contributed by atoms with E-state index in [9.17, 15) is 14.9 Å². The maximum absolute atomic E-state index is 13.9. The zero-order valence-electron chi connectivity index (χ0n) is 15.8. The van der Waals surface area contributed by atoms with E-state index in [1.165, 1.54) is 4.90 Å². The Hall–Kier alpha value is -3.33. The number of nitrogens with zero attached hydrogens (tertiary/aromatic N) is 4. The molecule has 28 heavy (non-hydrogen) atoms. The van der Waals surface area contributed by atoms with Gasteiger partial charge < -0.3 is 0 Å². The Labute approximate surface area is 163 Å². The third-order valence-corrected chi connectivity index (χ3v) is 5.88. The third kappa shape index (κ3) is 2.40. The smallest absolute Gasteiger partial charge is 0.244 e. The van der Waals surface area contributed by atoms with Crippen LogP contribution in [0.2, 0.25) is 0 Å². The Morgan fingerprint density at radius 3 is 2.43 bits per heavy atom. The van der Waals surface area contributed by atoms with Crippen LogP contribution in [0.25, 0.3) is 0 Å². The predicted molar refractivity (Wildman–Crippen MR) is 103 cm³/mol. The Morgan fingerprint density at radius 2 is 1.79 bits per heavy atom. The number of carbonyl (C=O) groups excluding carboxylic acids is 2. The molecule has 1 aromatic carbocycles. The molecule has 6 heteroatoms. The molecular formula is C22H20N4O2. The van der Waals surface area contributed by atoms with Crippen molar-refractivity contribution in [3.8, 4) is 6.07 Å². The van der Waals surface area contributed by atoms with Crippen LogP contribution in [0.1, 0.15) is 25.8 Å². The summed E-state index contributed by atoms with van der Waals surface area (Å²) in [5.41, 5.74) is -0.447. The number of ketones is 1. The van der Waals surface area contributed by atoms with E-state index < -0.39 is 16.7 Å². The number of aromatic nitrogens is 2. The van der Waals surface area contributed by atoms with Crippen molar-refractivity contribution in [1.82, 2.24) is 9.97 Å². The Morgan fingerprint density at radius 1 is 1.11 bits per heavy atom. The molecule has 1 amide bonds. The molecule has 2 unspecified atom stereocenters. The van der Waals surface area contributed by atoms with E-state index in [1.54, 1.807) is 18.5 Å². The van der Waals surface area contributed by atoms with Crippen LogP contribution in [-0.4, -0.2) is 28.2 Å². The van der Waals surface area contributed by atoms with Gasteiger partial charge in [-0.2, -0.15) is 5.26 Å². The van der Waals surface area contributed by atoms with Gasteiger partial charge in [0, 0.05) is 24.4 Å². The first-order valence-electron chi connectivity index (χ1n) is 9.22. The number of fused-ring (bicyclic) bond motifs is 1. The summed E-state index contributed by atoms with van der Waals surface area (Å²) in [5, 5.41) is 9.67. The van der Waals surface area contributed by atoms with Crippen LogP contribution in [0.15, 0.2) is 60.4 Å². The summed E-state index contributed by atoms with van der Waals surface area (Å²) < 4.78 is 0. The highest BCUT2D eigenvalue weighted by Gasteiger charge is 2.60. The van der Waals surface area contributed by atoms with E-state index in [1.807, 2.05) is 50.3 Å². The molecule has 1 aliphatic heterocycles. The highest BCUT2D eigenvalue weighted by molar-refractivity contribution is 6.08. The van der Waals surface area contributed by atoms with Crippen molar-refractivity contribution in [2.75, 3.05) is 11.4 Å². The van der Waals surface area contributed by atoms with E-state index >= 15 is 0 Å². The summed E-state index contributed by atoms with van der Waals surface area (Å²) in [5.74, 6) is -0.859. The van der Waals surface area contributed by atoms with Gasteiger partial charge in [0.15, 0.2) is 5.78 Å². The minimum Gasteiger partial charge on any atom is -0.297 e. The minimum atomic E-state index is -1.09. The molecule has 2 heterocycles. The van der Waals surface area contributed by atoms with Gasteiger partial charge >= 0.3 is 0 Å². The van der Waals surface area contributed by atoms with Crippen molar-refractivity contribution < 1.29 is 9.59 Å². The summed E-state index contributed by atoms with van der Waals surface area (Å²) >= 11 is 0. The fraction of sp³-hybridized carbons (Fsp3) is 0.318. The van der Waals surface area contributed by atoms with E-state index in [2.05, 4.69) is 16.0 Å². The maximum atomic E-state index is 13.9. The molecule has 0 bridgehead atoms. The molecule has 2 atom stereocenters. The summed E-state index contributed by atoms with van der Waals surface area (Å²) in [6.45, 7) is 3.91. The van der Waals surface area contributed by atoms with Gasteiger partial charge in [-0.05, 0) is 37.5 Å². The lowest BCUT2D eigenvalue weighted by atomic mass is 9.52. The van der Waals surface area contributed by atoms with E-state index in [0.717, 1.165) is 11.1 Å². The first-order valence-corrected chi connectivity index (χ1v) is 9.22. The lowest BCUT2D eigenvalue weighted by Crippen LogP contribution is -2.60. The largest absolute Gasteiger partial charge is 0.297 e. The summed E-state index contributed by atoms with van der Waals surface area (Å²) in [7, 11) is 0. The van der Waals surface area contributed by atoms with E-state index in [0.29, 0.717) is 12.5 Å². The predicted octanol–water partition coefficient (Wildman–Crippen LogP) is 2.83. The van der Waals surface area contributed by atoms with Crippen LogP contribution in [-0.2, 0) is 15.0 Å². The van der Waals surface area contributed by atoms with Crippen molar-refractivity contribution in [1.29, 1.82) is 5.26 Å². The van der Waals surface area contributed by atoms with Crippen molar-refractivity contribution in [2.24, 2.45) is 11.3 Å². The van der Waals surface area contributed by atoms with Gasteiger partial charge in [-0.1, -0.05) is 36.4 Å². The number of hydrogen-bond acceptors (Lipinski definition) is 5. The highest BCUT2D eigenvalue weighted by atomic mass is 16.2. The van der Waals surface area contributed by atoms with Gasteiger partial charge in [0.1, 0.15) is 5.92 Å². The standard InChI is InChI=1S/C22H20N4O2/c1-21(2)17-9-12-26(20-24-10-6-11-25-20)19(28)22(17,13-15(14-23)18(21)27)16-7-4-3-5-8-16/h3-11,15H,12-13H2,1-2H3. The van der Waals surface area contributed by atoms with Crippen LogP contribution in [0.3, 0.4) is 0 Å². The second-order valence-corrected chi connectivity index (χ2v) is 7.73. The van der Waals surface area contributed by atoms with Crippen LogP contribution in [0.5, 0.6) is 0 Å². The lowest BCUT2D eigenvalue weighted by Gasteiger charge is -2.51. The number of benzene rings is 1. The number of rotatable bonds is 2. The second kappa shape index (κ2) is 6.38. The average molecular weight is 372 g/mol. The second-order valence-electron chi connectivity index (χ2n) is 7.73. The van der Waals surface area contributed by atoms with Gasteiger partial charge in [-0.15, -0.1) is 0 Å². The van der Waals surface area contributed by atoms with Gasteiger partial charge in [0.05, 0.1) is 11.5 Å². The first-order chi connectivity index (χ1) is 13.4. The molecule has 1 saturated carbocycles. The molecule has 1 fully saturated rings. The zero-order valence-corrected chi connectivity index (χ0v) is 15.8. The number of nitriles is 1. The number of carbonyl (C=O) groups is 2. The Kier molecular flexibility index (Phi) is 4.11. The Balaban J connectivity index is 1.97. The number of anilines is 1. The summed E-state index contributed by atoms with van der Waals surface area (Å²) in [6.07, 6.45) is 5.26. The molecule has 0 saturated heterocycles. The van der Waals surface area contributed by atoms with E-state index in [-0.39, 0.29) is 18.1 Å². The third-order valence-electron chi connectivity index (χ3n) is 5.88. The van der Waals surface area contributed by atoms with Crippen LogP contribution >= 0.6 is 0 Å². The normalized spacial score (nSPS) is 26.2. The van der Waals surface area contributed by atoms with Gasteiger partial charge in [0.25, 0.3) is 0 Å². The summed E-state index contributed by atoms with van der Waals surface area (Å²) in [4.78, 5) is 36.9. The fourth-order valence-corrected chi connectivity index (χ4v) is 4.57. The molecule has 0 spiro atoms. The van der Waals surface area contributed by atoms with Crippen molar-refractivity contribution in [2.45, 2.75) is 25.7 Å². The molecular weight excluding hydrogens is 352 g/mol. The molecule has 1 aliphatic carbocycles. The monoisotopic (exact) mass is 372 g/mol. The van der Waals surface area contributed by atoms with Crippen LogP contribution in [0, 0.1) is 22.7 Å². The van der Waals surface area contributed by atoms with Crippen LogP contribution < -0.4 is 4.90 Å². The van der Waals surface area contributed by atoms with Crippen molar-refractivity contribution in [3.05, 3.63) is 66.0 Å².